The summed E-state index contributed by atoms with van der Waals surface area (Å²) >= 11 is 1.02. The summed E-state index contributed by atoms with van der Waals surface area (Å²) < 4.78 is 53.4. The van der Waals surface area contributed by atoms with Crippen molar-refractivity contribution in [1.82, 2.24) is 9.29 Å². The van der Waals surface area contributed by atoms with Gasteiger partial charge in [-0.05, 0) is 43.2 Å². The van der Waals surface area contributed by atoms with Crippen molar-refractivity contribution in [1.29, 1.82) is 0 Å². The number of hydrogen-bond acceptors (Lipinski definition) is 5. The molecule has 10 heteroatoms. The van der Waals surface area contributed by atoms with Crippen molar-refractivity contribution < 1.29 is 22.0 Å². The van der Waals surface area contributed by atoms with E-state index in [9.17, 15) is 22.0 Å². The Kier molecular flexibility index (Phi) is 4.86. The zero-order valence-corrected chi connectivity index (χ0v) is 16.1. The molecule has 0 radical (unpaired) electrons. The van der Waals surface area contributed by atoms with E-state index in [1.54, 1.807) is 0 Å². The maximum atomic E-state index is 13.3. The standard InChI is InChI=1S/C18H15F2N3O3S2/c19-13-9-15-16(10-14(13)20)27-18(21-15)22-17(24)11-3-5-12(6-4-11)28(25,26)23-7-1-2-8-23/h3-6,9-10H,1-2,7-8H2,(H,21,22,24). The lowest BCUT2D eigenvalue weighted by Crippen LogP contribution is -2.27. The second-order valence-corrected chi connectivity index (χ2v) is 9.31. The van der Waals surface area contributed by atoms with E-state index in [4.69, 9.17) is 0 Å². The lowest BCUT2D eigenvalue weighted by molar-refractivity contribution is 0.102. The molecule has 0 aliphatic carbocycles. The lowest BCUT2D eigenvalue weighted by atomic mass is 10.2. The fourth-order valence-electron chi connectivity index (χ4n) is 3.00. The Morgan fingerprint density at radius 2 is 1.71 bits per heavy atom. The fourth-order valence-corrected chi connectivity index (χ4v) is 5.39. The van der Waals surface area contributed by atoms with Crippen LogP contribution in [0.5, 0.6) is 0 Å². The third-order valence-electron chi connectivity index (χ3n) is 4.47. The average molecular weight is 423 g/mol. The summed E-state index contributed by atoms with van der Waals surface area (Å²) in [6.07, 6.45) is 1.69. The van der Waals surface area contributed by atoms with Crippen molar-refractivity contribution in [2.45, 2.75) is 17.7 Å². The van der Waals surface area contributed by atoms with Gasteiger partial charge in [-0.3, -0.25) is 10.1 Å². The van der Waals surface area contributed by atoms with Crippen LogP contribution in [0.4, 0.5) is 13.9 Å². The number of aromatic nitrogens is 1. The van der Waals surface area contributed by atoms with E-state index in [0.717, 1.165) is 36.3 Å². The molecule has 6 nitrogen and oxygen atoms in total. The number of nitrogens with one attached hydrogen (secondary N) is 1. The van der Waals surface area contributed by atoms with Crippen LogP contribution in [0.2, 0.25) is 0 Å². The molecule has 28 heavy (non-hydrogen) atoms. The summed E-state index contributed by atoms with van der Waals surface area (Å²) in [5, 5.41) is 2.76. The fraction of sp³-hybridized carbons (Fsp3) is 0.222. The van der Waals surface area contributed by atoms with Crippen molar-refractivity contribution in [2.24, 2.45) is 0 Å². The third kappa shape index (κ3) is 3.50. The van der Waals surface area contributed by atoms with Crippen molar-refractivity contribution in [3.8, 4) is 0 Å². The molecule has 2 aromatic carbocycles. The number of benzene rings is 2. The summed E-state index contributed by atoms with van der Waals surface area (Å²) in [6, 6.07) is 7.62. The maximum Gasteiger partial charge on any atom is 0.257 e. The molecule has 1 aromatic heterocycles. The molecule has 1 amide bonds. The summed E-state index contributed by atoms with van der Waals surface area (Å²) in [4.78, 5) is 16.6. The summed E-state index contributed by atoms with van der Waals surface area (Å²) in [6.45, 7) is 1.01. The molecule has 1 aliphatic heterocycles. The Morgan fingerprint density at radius 1 is 1.07 bits per heavy atom. The predicted octanol–water partition coefficient (Wildman–Crippen LogP) is 3.61. The molecule has 1 saturated heterocycles. The van der Waals surface area contributed by atoms with E-state index >= 15 is 0 Å². The Labute approximate surface area is 163 Å². The third-order valence-corrected chi connectivity index (χ3v) is 7.32. The Balaban J connectivity index is 1.52. The van der Waals surface area contributed by atoms with Gasteiger partial charge in [-0.1, -0.05) is 11.3 Å². The Hall–Kier alpha value is -2.43. The summed E-state index contributed by atoms with van der Waals surface area (Å²) in [5.41, 5.74) is 0.489. The minimum absolute atomic E-state index is 0.136. The molecular formula is C18H15F2N3O3S2. The van der Waals surface area contributed by atoms with Crippen LogP contribution in [0.1, 0.15) is 23.2 Å². The second-order valence-electron chi connectivity index (χ2n) is 6.34. The monoisotopic (exact) mass is 423 g/mol. The van der Waals surface area contributed by atoms with Crippen LogP contribution in [0.25, 0.3) is 10.2 Å². The predicted molar refractivity (Wildman–Crippen MR) is 102 cm³/mol. The van der Waals surface area contributed by atoms with Gasteiger partial charge < -0.3 is 0 Å². The highest BCUT2D eigenvalue weighted by molar-refractivity contribution is 7.89. The summed E-state index contributed by atoms with van der Waals surface area (Å²) in [7, 11) is -3.55. The first-order chi connectivity index (χ1) is 13.3. The molecule has 1 aliphatic rings. The molecule has 4 rings (SSSR count). The largest absolute Gasteiger partial charge is 0.298 e. The number of hydrogen-bond donors (Lipinski definition) is 1. The normalized spacial score (nSPS) is 15.2. The van der Waals surface area contributed by atoms with E-state index in [1.165, 1.54) is 28.6 Å². The number of amides is 1. The van der Waals surface area contributed by atoms with Crippen molar-refractivity contribution in [3.63, 3.8) is 0 Å². The van der Waals surface area contributed by atoms with Crippen LogP contribution in [-0.2, 0) is 10.0 Å². The van der Waals surface area contributed by atoms with Gasteiger partial charge in [-0.25, -0.2) is 22.2 Å². The highest BCUT2D eigenvalue weighted by Crippen LogP contribution is 2.28. The molecule has 0 saturated carbocycles. The van der Waals surface area contributed by atoms with Crippen molar-refractivity contribution in [3.05, 3.63) is 53.6 Å². The molecule has 2 heterocycles. The molecule has 1 N–H and O–H groups in total. The lowest BCUT2D eigenvalue weighted by Gasteiger charge is -2.15. The SMILES string of the molecule is O=C(Nc1nc2cc(F)c(F)cc2s1)c1ccc(S(=O)(=O)N2CCCC2)cc1. The minimum atomic E-state index is -3.55. The quantitative estimate of drug-likeness (QED) is 0.695. The first kappa shape index (κ1) is 18.9. The highest BCUT2D eigenvalue weighted by Gasteiger charge is 2.27. The minimum Gasteiger partial charge on any atom is -0.298 e. The number of anilines is 1. The van der Waals surface area contributed by atoms with Crippen LogP contribution in [-0.4, -0.2) is 36.7 Å². The van der Waals surface area contributed by atoms with Gasteiger partial charge in [0.2, 0.25) is 10.0 Å². The van der Waals surface area contributed by atoms with Gasteiger partial charge >= 0.3 is 0 Å². The molecule has 0 spiro atoms. The van der Waals surface area contributed by atoms with Crippen LogP contribution >= 0.6 is 11.3 Å². The van der Waals surface area contributed by atoms with Gasteiger partial charge in [-0.15, -0.1) is 0 Å². The van der Waals surface area contributed by atoms with Crippen LogP contribution in [0, 0.1) is 11.6 Å². The number of fused-ring (bicyclic) bond motifs is 1. The molecule has 3 aromatic rings. The summed E-state index contributed by atoms with van der Waals surface area (Å²) in [5.74, 6) is -2.49. The molecule has 0 bridgehead atoms. The van der Waals surface area contributed by atoms with E-state index in [-0.39, 0.29) is 21.1 Å². The van der Waals surface area contributed by atoms with Gasteiger partial charge in [0.05, 0.1) is 15.1 Å². The number of sulfonamides is 1. The molecule has 1 fully saturated rings. The van der Waals surface area contributed by atoms with E-state index in [2.05, 4.69) is 10.3 Å². The van der Waals surface area contributed by atoms with Crippen LogP contribution < -0.4 is 5.32 Å². The number of thiazole rings is 1. The zero-order chi connectivity index (χ0) is 19.9. The topological polar surface area (TPSA) is 79.4 Å². The van der Waals surface area contributed by atoms with Crippen LogP contribution in [0.3, 0.4) is 0 Å². The number of rotatable bonds is 4. The highest BCUT2D eigenvalue weighted by atomic mass is 32.2. The van der Waals surface area contributed by atoms with Crippen molar-refractivity contribution >= 4 is 42.6 Å². The second kappa shape index (κ2) is 7.19. The number of carbonyl (C=O) groups is 1. The van der Waals surface area contributed by atoms with Gasteiger partial charge in [0.25, 0.3) is 5.91 Å². The number of carbonyl (C=O) groups excluding carboxylic acids is 1. The number of halogens is 2. The van der Waals surface area contributed by atoms with Gasteiger partial charge in [0, 0.05) is 24.7 Å². The smallest absolute Gasteiger partial charge is 0.257 e. The number of nitrogens with zero attached hydrogens (tertiary/aromatic N) is 2. The van der Waals surface area contributed by atoms with Gasteiger partial charge in [0.15, 0.2) is 16.8 Å². The average Bonchev–Trinajstić information content (AvgIpc) is 3.32. The van der Waals surface area contributed by atoms with E-state index < -0.39 is 27.6 Å². The Morgan fingerprint density at radius 3 is 2.39 bits per heavy atom. The van der Waals surface area contributed by atoms with Gasteiger partial charge in [0.1, 0.15) is 0 Å². The first-order valence-corrected chi connectivity index (χ1v) is 10.8. The maximum absolute atomic E-state index is 13.3. The van der Waals surface area contributed by atoms with E-state index in [0.29, 0.717) is 17.8 Å². The van der Waals surface area contributed by atoms with Crippen LogP contribution in [0.15, 0.2) is 41.3 Å². The zero-order valence-electron chi connectivity index (χ0n) is 14.5. The molecule has 146 valence electrons. The van der Waals surface area contributed by atoms with Gasteiger partial charge in [-0.2, -0.15) is 4.31 Å². The molecular weight excluding hydrogens is 408 g/mol. The molecule has 0 unspecified atom stereocenters. The Bertz CT molecular complexity index is 1120. The van der Waals surface area contributed by atoms with Crippen molar-refractivity contribution in [2.75, 3.05) is 18.4 Å². The first-order valence-electron chi connectivity index (χ1n) is 8.52. The molecule has 0 atom stereocenters. The van der Waals surface area contributed by atoms with E-state index in [1.807, 2.05) is 0 Å².